The molecule has 1 aromatic heterocycles. The minimum Gasteiger partial charge on any atom is -0.269 e. The van der Waals surface area contributed by atoms with Crippen molar-refractivity contribution in [1.29, 1.82) is 0 Å². The fourth-order valence-electron chi connectivity index (χ4n) is 2.63. The van der Waals surface area contributed by atoms with Crippen LogP contribution in [-0.2, 0) is 24.3 Å². The summed E-state index contributed by atoms with van der Waals surface area (Å²) in [6.07, 6.45) is 3.41. The van der Waals surface area contributed by atoms with Crippen LogP contribution in [0.4, 0.5) is 0 Å². The van der Waals surface area contributed by atoms with E-state index in [1.165, 1.54) is 16.9 Å². The molecule has 0 bridgehead atoms. The summed E-state index contributed by atoms with van der Waals surface area (Å²) in [7, 11) is 0. The second-order valence-corrected chi connectivity index (χ2v) is 6.75. The SMILES string of the molecule is C[C@@H]1CCc2sc(C(=O)NOCc3ccccc3)cc2C1. The largest absolute Gasteiger partial charge is 0.284 e. The van der Waals surface area contributed by atoms with Crippen molar-refractivity contribution in [3.05, 3.63) is 57.3 Å². The summed E-state index contributed by atoms with van der Waals surface area (Å²) in [5.41, 5.74) is 4.92. The first-order chi connectivity index (χ1) is 10.2. The number of aryl methyl sites for hydroxylation is 1. The number of hydrogen-bond donors (Lipinski definition) is 1. The first kappa shape index (κ1) is 14.3. The smallest absolute Gasteiger partial charge is 0.269 e. The van der Waals surface area contributed by atoms with Crippen molar-refractivity contribution in [2.75, 3.05) is 0 Å². The summed E-state index contributed by atoms with van der Waals surface area (Å²) in [5.74, 6) is 0.579. The zero-order chi connectivity index (χ0) is 14.7. The summed E-state index contributed by atoms with van der Waals surface area (Å²) in [4.78, 5) is 19.5. The van der Waals surface area contributed by atoms with E-state index in [1.807, 2.05) is 36.4 Å². The van der Waals surface area contributed by atoms with Crippen LogP contribution in [0, 0.1) is 5.92 Å². The van der Waals surface area contributed by atoms with Gasteiger partial charge in [-0.1, -0.05) is 37.3 Å². The van der Waals surface area contributed by atoms with Crippen LogP contribution in [0.5, 0.6) is 0 Å². The monoisotopic (exact) mass is 301 g/mol. The molecule has 0 saturated heterocycles. The van der Waals surface area contributed by atoms with E-state index < -0.39 is 0 Å². The molecule has 1 amide bonds. The van der Waals surface area contributed by atoms with Crippen LogP contribution in [0.3, 0.4) is 0 Å². The van der Waals surface area contributed by atoms with Gasteiger partial charge in [0, 0.05) is 4.88 Å². The molecule has 0 spiro atoms. The van der Waals surface area contributed by atoms with Crippen molar-refractivity contribution >= 4 is 17.2 Å². The van der Waals surface area contributed by atoms with E-state index in [4.69, 9.17) is 4.84 Å². The van der Waals surface area contributed by atoms with Crippen molar-refractivity contribution in [2.45, 2.75) is 32.8 Å². The highest BCUT2D eigenvalue weighted by Gasteiger charge is 2.20. The fraction of sp³-hybridized carbons (Fsp3) is 0.353. The van der Waals surface area contributed by atoms with E-state index in [9.17, 15) is 4.79 Å². The fourth-order valence-corrected chi connectivity index (χ4v) is 3.72. The van der Waals surface area contributed by atoms with E-state index in [-0.39, 0.29) is 5.91 Å². The van der Waals surface area contributed by atoms with Crippen molar-refractivity contribution in [3.8, 4) is 0 Å². The molecule has 3 nitrogen and oxygen atoms in total. The number of fused-ring (bicyclic) bond motifs is 1. The topological polar surface area (TPSA) is 38.3 Å². The Kier molecular flexibility index (Phi) is 4.36. The number of benzene rings is 1. The van der Waals surface area contributed by atoms with Crippen LogP contribution >= 0.6 is 11.3 Å². The maximum absolute atomic E-state index is 12.1. The Balaban J connectivity index is 1.56. The molecule has 1 aliphatic rings. The quantitative estimate of drug-likeness (QED) is 0.874. The van der Waals surface area contributed by atoms with E-state index >= 15 is 0 Å². The van der Waals surface area contributed by atoms with Crippen molar-refractivity contribution in [2.24, 2.45) is 5.92 Å². The van der Waals surface area contributed by atoms with Crippen LogP contribution in [-0.4, -0.2) is 5.91 Å². The molecule has 4 heteroatoms. The molecule has 1 atom stereocenters. The predicted molar refractivity (Wildman–Crippen MR) is 84.2 cm³/mol. The lowest BCUT2D eigenvalue weighted by atomic mass is 9.90. The number of rotatable bonds is 4. The van der Waals surface area contributed by atoms with E-state index in [0.717, 1.165) is 29.2 Å². The number of thiophene rings is 1. The number of hydrogen-bond acceptors (Lipinski definition) is 3. The standard InChI is InChI=1S/C17H19NO2S/c1-12-7-8-15-14(9-12)10-16(21-15)17(19)18-20-11-13-5-3-2-4-6-13/h2-6,10,12H,7-9,11H2,1H3,(H,18,19)/t12-/m1/s1. The summed E-state index contributed by atoms with van der Waals surface area (Å²) in [6.45, 7) is 2.65. The molecule has 21 heavy (non-hydrogen) atoms. The van der Waals surface area contributed by atoms with Gasteiger partial charge in [0.25, 0.3) is 5.91 Å². The van der Waals surface area contributed by atoms with Gasteiger partial charge in [-0.2, -0.15) is 0 Å². The molecule has 0 saturated carbocycles. The first-order valence-corrected chi connectivity index (χ1v) is 8.11. The lowest BCUT2D eigenvalue weighted by Crippen LogP contribution is -2.22. The molecular weight excluding hydrogens is 282 g/mol. The average Bonchev–Trinajstić information content (AvgIpc) is 2.91. The van der Waals surface area contributed by atoms with Gasteiger partial charge in [-0.05, 0) is 42.4 Å². The van der Waals surface area contributed by atoms with E-state index in [1.54, 1.807) is 11.3 Å². The molecule has 110 valence electrons. The van der Waals surface area contributed by atoms with Crippen LogP contribution in [0.25, 0.3) is 0 Å². The second-order valence-electron chi connectivity index (χ2n) is 5.61. The molecule has 0 unspecified atom stereocenters. The minimum absolute atomic E-state index is 0.141. The van der Waals surface area contributed by atoms with Crippen LogP contribution in [0.15, 0.2) is 36.4 Å². The van der Waals surface area contributed by atoms with Crippen molar-refractivity contribution < 1.29 is 9.63 Å². The zero-order valence-corrected chi connectivity index (χ0v) is 12.9. The maximum atomic E-state index is 12.1. The van der Waals surface area contributed by atoms with Gasteiger partial charge in [-0.3, -0.25) is 9.63 Å². The molecule has 0 radical (unpaired) electrons. The minimum atomic E-state index is -0.141. The highest BCUT2D eigenvalue weighted by molar-refractivity contribution is 7.14. The van der Waals surface area contributed by atoms with E-state index in [0.29, 0.717) is 6.61 Å². The molecule has 0 aliphatic heterocycles. The first-order valence-electron chi connectivity index (χ1n) is 7.30. The second kappa shape index (κ2) is 6.41. The van der Waals surface area contributed by atoms with Crippen molar-refractivity contribution in [3.63, 3.8) is 0 Å². The average molecular weight is 301 g/mol. The van der Waals surface area contributed by atoms with Gasteiger partial charge in [0.05, 0.1) is 11.5 Å². The molecule has 1 aromatic carbocycles. The van der Waals surface area contributed by atoms with Crippen LogP contribution in [0.2, 0.25) is 0 Å². The summed E-state index contributed by atoms with van der Waals surface area (Å²) < 4.78 is 0. The molecule has 1 aliphatic carbocycles. The Labute approximate surface area is 128 Å². The maximum Gasteiger partial charge on any atom is 0.284 e. The molecule has 0 fully saturated rings. The Morgan fingerprint density at radius 2 is 2.19 bits per heavy atom. The number of nitrogens with one attached hydrogen (secondary N) is 1. The number of hydroxylamine groups is 1. The van der Waals surface area contributed by atoms with Gasteiger partial charge < -0.3 is 0 Å². The van der Waals surface area contributed by atoms with E-state index in [2.05, 4.69) is 12.4 Å². The Morgan fingerprint density at radius 3 is 3.00 bits per heavy atom. The molecular formula is C17H19NO2S. The van der Waals surface area contributed by atoms with Gasteiger partial charge in [0.2, 0.25) is 0 Å². The molecule has 1 N–H and O–H groups in total. The lowest BCUT2D eigenvalue weighted by Gasteiger charge is -2.16. The third-order valence-corrected chi connectivity index (χ3v) is 5.04. The van der Waals surface area contributed by atoms with Crippen LogP contribution in [0.1, 0.15) is 39.0 Å². The number of carbonyl (C=O) groups is 1. The highest BCUT2D eigenvalue weighted by Crippen LogP contribution is 2.32. The van der Waals surface area contributed by atoms with Crippen molar-refractivity contribution in [1.82, 2.24) is 5.48 Å². The number of carbonyl (C=O) groups excluding carboxylic acids is 1. The van der Waals surface area contributed by atoms with Gasteiger partial charge in [-0.15, -0.1) is 11.3 Å². The third-order valence-electron chi connectivity index (χ3n) is 3.80. The highest BCUT2D eigenvalue weighted by atomic mass is 32.1. The summed E-state index contributed by atoms with van der Waals surface area (Å²) in [5, 5.41) is 0. The van der Waals surface area contributed by atoms with Gasteiger partial charge in [-0.25, -0.2) is 5.48 Å². The molecule has 3 rings (SSSR count). The molecule has 2 aromatic rings. The number of amides is 1. The normalized spacial score (nSPS) is 17.3. The van der Waals surface area contributed by atoms with Gasteiger partial charge >= 0.3 is 0 Å². The van der Waals surface area contributed by atoms with Gasteiger partial charge in [0.1, 0.15) is 0 Å². The predicted octanol–water partition coefficient (Wildman–Crippen LogP) is 3.73. The van der Waals surface area contributed by atoms with Crippen LogP contribution < -0.4 is 5.48 Å². The Hall–Kier alpha value is -1.65. The summed E-state index contributed by atoms with van der Waals surface area (Å²) in [6, 6.07) is 11.8. The van der Waals surface area contributed by atoms with Gasteiger partial charge in [0.15, 0.2) is 0 Å². The third kappa shape index (κ3) is 3.52. The molecule has 1 heterocycles. The lowest BCUT2D eigenvalue weighted by molar-refractivity contribution is 0.0237. The Morgan fingerprint density at radius 1 is 1.38 bits per heavy atom. The Bertz CT molecular complexity index is 621. The summed E-state index contributed by atoms with van der Waals surface area (Å²) >= 11 is 1.60. The zero-order valence-electron chi connectivity index (χ0n) is 12.1.